The number of aromatic hydroxyl groups is 1. The molecule has 0 aliphatic heterocycles. The first kappa shape index (κ1) is 27.0. The lowest BCUT2D eigenvalue weighted by molar-refractivity contribution is -0.143. The summed E-state index contributed by atoms with van der Waals surface area (Å²) in [6, 6.07) is 17.1. The number of rotatable bonds is 9. The third kappa shape index (κ3) is 5.31. The molecule has 0 radical (unpaired) electrons. The number of hydrogen-bond donors (Lipinski definition) is 3. The van der Waals surface area contributed by atoms with Gasteiger partial charge in [0, 0.05) is 17.3 Å². The summed E-state index contributed by atoms with van der Waals surface area (Å²) in [7, 11) is 0. The topological polar surface area (TPSA) is 91.6 Å². The Morgan fingerprint density at radius 1 is 0.976 bits per heavy atom. The van der Waals surface area contributed by atoms with Gasteiger partial charge in [-0.25, -0.2) is 8.78 Å². The Kier molecular flexibility index (Phi) is 7.01. The Labute approximate surface area is 236 Å². The maximum absolute atomic E-state index is 14.2. The van der Waals surface area contributed by atoms with Crippen LogP contribution < -0.4 is 5.32 Å². The van der Waals surface area contributed by atoms with Crippen molar-refractivity contribution in [2.24, 2.45) is 11.3 Å². The first-order valence-corrected chi connectivity index (χ1v) is 14.1. The van der Waals surface area contributed by atoms with Gasteiger partial charge in [-0.2, -0.15) is 0 Å². The van der Waals surface area contributed by atoms with Gasteiger partial charge in [0.05, 0.1) is 23.3 Å². The zero-order chi connectivity index (χ0) is 28.7. The molecule has 41 heavy (non-hydrogen) atoms. The maximum atomic E-state index is 14.2. The molecule has 1 amide bonds. The van der Waals surface area contributed by atoms with Crippen LogP contribution in [0.4, 0.5) is 14.5 Å². The zero-order valence-corrected chi connectivity index (χ0v) is 22.6. The van der Waals surface area contributed by atoms with Crippen molar-refractivity contribution >= 4 is 28.3 Å². The van der Waals surface area contributed by atoms with Gasteiger partial charge in [0.15, 0.2) is 0 Å². The molecule has 1 heterocycles. The van der Waals surface area contributed by atoms with Crippen molar-refractivity contribution in [2.75, 3.05) is 5.32 Å². The molecule has 6 nitrogen and oxygen atoms in total. The van der Waals surface area contributed by atoms with Crippen molar-refractivity contribution in [3.8, 4) is 5.88 Å². The van der Waals surface area contributed by atoms with Crippen molar-refractivity contribution in [3.05, 3.63) is 95.2 Å². The van der Waals surface area contributed by atoms with E-state index in [1.54, 1.807) is 0 Å². The fraction of sp³-hybridized carbons (Fsp3) is 0.333. The Morgan fingerprint density at radius 3 is 2.34 bits per heavy atom. The molecule has 2 fully saturated rings. The standard InChI is InChI=1S/C33H32F2N2O4/c34-26-12-13-27(35)29-25(26)19-37(31(29)39)18-20-8-10-23(11-9-20)28(22-5-1-2-6-22)30(38)36-24-7-3-4-21(16-24)17-33(14-15-33)32(40)41/h3-4,7-13,16,19,22,28,39H,1-2,5-6,14-15,17-18H2,(H,36,38)(H,40,41). The summed E-state index contributed by atoms with van der Waals surface area (Å²) in [5.41, 5.74) is 2.57. The van der Waals surface area contributed by atoms with Crippen molar-refractivity contribution in [1.29, 1.82) is 0 Å². The minimum atomic E-state index is -0.767. The van der Waals surface area contributed by atoms with Gasteiger partial charge in [-0.05, 0) is 79.0 Å². The van der Waals surface area contributed by atoms with E-state index in [1.165, 1.54) is 10.8 Å². The summed E-state index contributed by atoms with van der Waals surface area (Å²) in [6.45, 7) is 0.213. The molecule has 8 heteroatoms. The average Bonchev–Trinajstić information content (AvgIpc) is 3.38. The number of carboxylic acids is 1. The lowest BCUT2D eigenvalue weighted by Gasteiger charge is -2.24. The normalized spacial score (nSPS) is 17.0. The number of aliphatic carboxylic acids is 1. The van der Waals surface area contributed by atoms with E-state index in [2.05, 4.69) is 5.32 Å². The van der Waals surface area contributed by atoms with Crippen LogP contribution in [0.1, 0.15) is 61.1 Å². The molecule has 2 aliphatic rings. The number of carbonyl (C=O) groups excluding carboxylic acids is 1. The molecule has 3 aromatic carbocycles. The van der Waals surface area contributed by atoms with Gasteiger partial charge in [0.2, 0.25) is 11.8 Å². The number of amides is 1. The fourth-order valence-corrected chi connectivity index (χ4v) is 6.34. The number of anilines is 1. The van der Waals surface area contributed by atoms with E-state index in [0.717, 1.165) is 54.5 Å². The number of nitrogens with zero attached hydrogens (tertiary/aromatic N) is 1. The minimum Gasteiger partial charge on any atom is -0.494 e. The van der Waals surface area contributed by atoms with Crippen LogP contribution in [0.2, 0.25) is 0 Å². The molecule has 2 aliphatic carbocycles. The van der Waals surface area contributed by atoms with Gasteiger partial charge < -0.3 is 20.1 Å². The number of carbonyl (C=O) groups is 2. The lowest BCUT2D eigenvalue weighted by Crippen LogP contribution is -2.26. The van der Waals surface area contributed by atoms with Gasteiger partial charge in [0.1, 0.15) is 11.6 Å². The number of benzene rings is 3. The number of nitrogens with one attached hydrogen (secondary N) is 1. The second-order valence-electron chi connectivity index (χ2n) is 11.6. The van der Waals surface area contributed by atoms with Crippen LogP contribution in [0.15, 0.2) is 66.9 Å². The van der Waals surface area contributed by atoms with E-state index >= 15 is 0 Å². The Balaban J connectivity index is 1.21. The highest BCUT2D eigenvalue weighted by atomic mass is 19.1. The van der Waals surface area contributed by atoms with Gasteiger partial charge in [-0.15, -0.1) is 0 Å². The predicted molar refractivity (Wildman–Crippen MR) is 152 cm³/mol. The molecule has 1 aromatic heterocycles. The highest BCUT2D eigenvalue weighted by molar-refractivity contribution is 5.96. The minimum absolute atomic E-state index is 0.0245. The average molecular weight is 559 g/mol. The SMILES string of the molecule is O=C(Nc1cccc(CC2(C(=O)O)CC2)c1)C(c1ccc(Cn2cc3c(F)ccc(F)c3c2O)cc1)C1CCCC1. The molecular weight excluding hydrogens is 526 g/mol. The molecule has 4 aromatic rings. The Morgan fingerprint density at radius 2 is 1.68 bits per heavy atom. The van der Waals surface area contributed by atoms with Crippen LogP contribution >= 0.6 is 0 Å². The third-order valence-corrected chi connectivity index (χ3v) is 8.81. The van der Waals surface area contributed by atoms with Gasteiger partial charge in [0.25, 0.3) is 0 Å². The van der Waals surface area contributed by atoms with Crippen LogP contribution in [0.5, 0.6) is 5.88 Å². The molecule has 0 bridgehead atoms. The van der Waals surface area contributed by atoms with E-state index in [9.17, 15) is 28.6 Å². The Bertz CT molecular complexity index is 1620. The quantitative estimate of drug-likeness (QED) is 0.206. The first-order valence-electron chi connectivity index (χ1n) is 14.1. The maximum Gasteiger partial charge on any atom is 0.309 e. The summed E-state index contributed by atoms with van der Waals surface area (Å²) in [5, 5.41) is 23.1. The third-order valence-electron chi connectivity index (χ3n) is 8.81. The predicted octanol–water partition coefficient (Wildman–Crippen LogP) is 6.99. The Hall–Kier alpha value is -4.20. The number of fused-ring (bicyclic) bond motifs is 1. The summed E-state index contributed by atoms with van der Waals surface area (Å²) in [6.07, 6.45) is 7.27. The van der Waals surface area contributed by atoms with Gasteiger partial charge in [-0.1, -0.05) is 49.2 Å². The smallest absolute Gasteiger partial charge is 0.309 e. The molecule has 1 atom stereocenters. The summed E-state index contributed by atoms with van der Waals surface area (Å²) in [4.78, 5) is 25.3. The van der Waals surface area contributed by atoms with Crippen molar-refractivity contribution in [1.82, 2.24) is 4.57 Å². The highest BCUT2D eigenvalue weighted by Crippen LogP contribution is 2.48. The summed E-state index contributed by atoms with van der Waals surface area (Å²) in [5.74, 6) is -2.63. The number of halogens is 2. The van der Waals surface area contributed by atoms with Crippen LogP contribution in [0.3, 0.4) is 0 Å². The molecule has 2 saturated carbocycles. The molecular formula is C33H32F2N2O4. The monoisotopic (exact) mass is 558 g/mol. The van der Waals surface area contributed by atoms with Crippen LogP contribution in [0, 0.1) is 23.0 Å². The molecule has 6 rings (SSSR count). The van der Waals surface area contributed by atoms with E-state index in [-0.39, 0.29) is 40.9 Å². The van der Waals surface area contributed by atoms with Crippen molar-refractivity contribution < 1.29 is 28.6 Å². The second kappa shape index (κ2) is 10.7. The van der Waals surface area contributed by atoms with Crippen LogP contribution in [0.25, 0.3) is 10.8 Å². The summed E-state index contributed by atoms with van der Waals surface area (Å²) >= 11 is 0. The van der Waals surface area contributed by atoms with Gasteiger partial charge in [-0.3, -0.25) is 9.59 Å². The van der Waals surface area contributed by atoms with E-state index < -0.39 is 23.0 Å². The van der Waals surface area contributed by atoms with E-state index in [4.69, 9.17) is 0 Å². The van der Waals surface area contributed by atoms with Crippen LogP contribution in [-0.4, -0.2) is 26.7 Å². The van der Waals surface area contributed by atoms with Gasteiger partial charge >= 0.3 is 5.97 Å². The molecule has 212 valence electrons. The molecule has 0 saturated heterocycles. The first-order chi connectivity index (χ1) is 19.7. The highest BCUT2D eigenvalue weighted by Gasteiger charge is 2.50. The van der Waals surface area contributed by atoms with E-state index in [1.807, 2.05) is 48.5 Å². The number of aromatic nitrogens is 1. The lowest BCUT2D eigenvalue weighted by atomic mass is 9.83. The largest absolute Gasteiger partial charge is 0.494 e. The van der Waals surface area contributed by atoms with Crippen LogP contribution in [-0.2, 0) is 22.6 Å². The van der Waals surface area contributed by atoms with Crippen molar-refractivity contribution in [3.63, 3.8) is 0 Å². The number of hydrogen-bond acceptors (Lipinski definition) is 3. The summed E-state index contributed by atoms with van der Waals surface area (Å²) < 4.78 is 29.8. The zero-order valence-electron chi connectivity index (χ0n) is 22.6. The van der Waals surface area contributed by atoms with Crippen molar-refractivity contribution in [2.45, 2.75) is 57.4 Å². The fourth-order valence-electron chi connectivity index (χ4n) is 6.34. The molecule has 3 N–H and O–H groups in total. The molecule has 1 unspecified atom stereocenters. The van der Waals surface area contributed by atoms with E-state index in [0.29, 0.717) is 24.9 Å². The second-order valence-corrected chi connectivity index (χ2v) is 11.6. The molecule has 0 spiro atoms. The number of carboxylic acid groups (broad SMARTS) is 1.